The molecule has 0 unspecified atom stereocenters. The van der Waals surface area contributed by atoms with Gasteiger partial charge in [-0.1, -0.05) is 0 Å². The van der Waals surface area contributed by atoms with Crippen molar-refractivity contribution in [1.82, 2.24) is 0 Å². The standard InChI is InChI=1S/C10H9NO5/c1-6(13)8-3-7(5-12)4-9(16-2)10(8)11(14)15/h3-5H,1-2H3. The van der Waals surface area contributed by atoms with E-state index < -0.39 is 16.4 Å². The highest BCUT2D eigenvalue weighted by atomic mass is 16.6. The Labute approximate surface area is 91.0 Å². The number of benzene rings is 1. The summed E-state index contributed by atoms with van der Waals surface area (Å²) in [6.07, 6.45) is 0.499. The molecule has 16 heavy (non-hydrogen) atoms. The van der Waals surface area contributed by atoms with Gasteiger partial charge in [0.05, 0.1) is 17.6 Å². The molecule has 6 nitrogen and oxygen atoms in total. The van der Waals surface area contributed by atoms with Gasteiger partial charge in [0, 0.05) is 5.56 Å². The Morgan fingerprint density at radius 1 is 1.50 bits per heavy atom. The van der Waals surface area contributed by atoms with Crippen LogP contribution in [0.15, 0.2) is 12.1 Å². The third-order valence-electron chi connectivity index (χ3n) is 2.02. The van der Waals surface area contributed by atoms with Crippen LogP contribution in [0.2, 0.25) is 0 Å². The van der Waals surface area contributed by atoms with E-state index in [0.717, 1.165) is 0 Å². The summed E-state index contributed by atoms with van der Waals surface area (Å²) in [6, 6.07) is 2.40. The van der Waals surface area contributed by atoms with Crippen LogP contribution in [0.5, 0.6) is 5.75 Å². The summed E-state index contributed by atoms with van der Waals surface area (Å²) in [7, 11) is 1.24. The first-order valence-corrected chi connectivity index (χ1v) is 4.33. The molecule has 1 aromatic rings. The first-order valence-electron chi connectivity index (χ1n) is 4.33. The molecular weight excluding hydrogens is 214 g/mol. The number of rotatable bonds is 4. The third kappa shape index (κ3) is 2.05. The number of ether oxygens (including phenoxy) is 1. The van der Waals surface area contributed by atoms with E-state index in [4.69, 9.17) is 4.74 Å². The van der Waals surface area contributed by atoms with Gasteiger partial charge in [0.25, 0.3) is 0 Å². The zero-order chi connectivity index (χ0) is 12.3. The van der Waals surface area contributed by atoms with Gasteiger partial charge in [-0.05, 0) is 19.1 Å². The molecular formula is C10H9NO5. The van der Waals surface area contributed by atoms with Gasteiger partial charge >= 0.3 is 5.69 Å². The predicted molar refractivity (Wildman–Crippen MR) is 55.0 cm³/mol. The summed E-state index contributed by atoms with van der Waals surface area (Å²) < 4.78 is 4.79. The summed E-state index contributed by atoms with van der Waals surface area (Å²) in [5, 5.41) is 10.8. The van der Waals surface area contributed by atoms with E-state index in [1.54, 1.807) is 0 Å². The van der Waals surface area contributed by atoms with Gasteiger partial charge in [0.15, 0.2) is 11.5 Å². The van der Waals surface area contributed by atoms with Gasteiger partial charge in [-0.3, -0.25) is 19.7 Å². The number of methoxy groups -OCH3 is 1. The van der Waals surface area contributed by atoms with Gasteiger partial charge < -0.3 is 4.74 Å². The minimum absolute atomic E-state index is 0.0974. The van der Waals surface area contributed by atoms with E-state index in [9.17, 15) is 19.7 Å². The minimum Gasteiger partial charge on any atom is -0.490 e. The third-order valence-corrected chi connectivity index (χ3v) is 2.02. The van der Waals surface area contributed by atoms with Crippen LogP contribution < -0.4 is 4.74 Å². The number of ketones is 1. The second-order valence-electron chi connectivity index (χ2n) is 3.05. The fraction of sp³-hybridized carbons (Fsp3) is 0.200. The number of aldehydes is 1. The number of carbonyl (C=O) groups excluding carboxylic acids is 2. The average Bonchev–Trinajstić information content (AvgIpc) is 2.26. The molecule has 0 radical (unpaired) electrons. The molecule has 0 heterocycles. The molecule has 0 aliphatic heterocycles. The highest BCUT2D eigenvalue weighted by molar-refractivity contribution is 6.00. The Morgan fingerprint density at radius 2 is 2.12 bits per heavy atom. The number of carbonyl (C=O) groups is 2. The van der Waals surface area contributed by atoms with Crippen LogP contribution >= 0.6 is 0 Å². The first kappa shape index (κ1) is 11.8. The molecule has 0 N–H and O–H groups in total. The van der Waals surface area contributed by atoms with Crippen LogP contribution in [-0.4, -0.2) is 24.1 Å². The van der Waals surface area contributed by atoms with Crippen LogP contribution in [0, 0.1) is 10.1 Å². The summed E-state index contributed by atoms with van der Waals surface area (Å²) in [5.41, 5.74) is -0.389. The summed E-state index contributed by atoms with van der Waals surface area (Å²) in [6.45, 7) is 1.19. The van der Waals surface area contributed by atoms with Gasteiger partial charge in [0.2, 0.25) is 0 Å². The van der Waals surface area contributed by atoms with E-state index in [-0.39, 0.29) is 16.9 Å². The molecule has 0 aromatic heterocycles. The number of nitro benzene ring substituents is 1. The maximum atomic E-state index is 11.2. The van der Waals surface area contributed by atoms with Gasteiger partial charge in [0.1, 0.15) is 6.29 Å². The molecule has 1 rings (SSSR count). The predicted octanol–water partition coefficient (Wildman–Crippen LogP) is 1.62. The zero-order valence-corrected chi connectivity index (χ0v) is 8.72. The van der Waals surface area contributed by atoms with Crippen molar-refractivity contribution in [2.24, 2.45) is 0 Å². The smallest absolute Gasteiger partial charge is 0.321 e. The van der Waals surface area contributed by atoms with E-state index in [0.29, 0.717) is 6.29 Å². The van der Waals surface area contributed by atoms with Crippen molar-refractivity contribution in [3.63, 3.8) is 0 Å². The lowest BCUT2D eigenvalue weighted by atomic mass is 10.1. The first-order chi connectivity index (χ1) is 7.51. The van der Waals surface area contributed by atoms with Crippen molar-refractivity contribution in [2.45, 2.75) is 6.92 Å². The Balaban J connectivity index is 3.59. The molecule has 0 saturated carbocycles. The SMILES string of the molecule is COc1cc(C=O)cc(C(C)=O)c1[N+](=O)[O-]. The van der Waals surface area contributed by atoms with Crippen LogP contribution in [0.1, 0.15) is 27.6 Å². The van der Waals surface area contributed by atoms with E-state index in [1.807, 2.05) is 0 Å². The summed E-state index contributed by atoms with van der Waals surface area (Å²) in [5.74, 6) is -0.589. The second kappa shape index (κ2) is 4.52. The summed E-state index contributed by atoms with van der Waals surface area (Å²) in [4.78, 5) is 31.9. The van der Waals surface area contributed by atoms with E-state index >= 15 is 0 Å². The van der Waals surface area contributed by atoms with Crippen molar-refractivity contribution in [3.8, 4) is 5.75 Å². The lowest BCUT2D eigenvalue weighted by molar-refractivity contribution is -0.386. The van der Waals surface area contributed by atoms with Crippen molar-refractivity contribution in [2.75, 3.05) is 7.11 Å². The lowest BCUT2D eigenvalue weighted by Gasteiger charge is -2.05. The molecule has 1 aromatic carbocycles. The van der Waals surface area contributed by atoms with Crippen molar-refractivity contribution < 1.29 is 19.2 Å². The second-order valence-corrected chi connectivity index (χ2v) is 3.05. The quantitative estimate of drug-likeness (QED) is 0.335. The van der Waals surface area contributed by atoms with E-state index in [1.165, 1.54) is 26.2 Å². The van der Waals surface area contributed by atoms with Crippen LogP contribution in [0.25, 0.3) is 0 Å². The van der Waals surface area contributed by atoms with Crippen LogP contribution in [-0.2, 0) is 0 Å². The van der Waals surface area contributed by atoms with Crippen LogP contribution in [0.4, 0.5) is 5.69 Å². The highest BCUT2D eigenvalue weighted by Crippen LogP contribution is 2.32. The fourth-order valence-corrected chi connectivity index (χ4v) is 1.31. The zero-order valence-electron chi connectivity index (χ0n) is 8.72. The number of hydrogen-bond acceptors (Lipinski definition) is 5. The molecule has 0 atom stereocenters. The Morgan fingerprint density at radius 3 is 2.50 bits per heavy atom. The molecule has 0 spiro atoms. The fourth-order valence-electron chi connectivity index (χ4n) is 1.31. The maximum absolute atomic E-state index is 11.2. The normalized spacial score (nSPS) is 9.62. The minimum atomic E-state index is -0.704. The number of nitro groups is 1. The molecule has 0 aliphatic rings. The van der Waals surface area contributed by atoms with Crippen molar-refractivity contribution in [3.05, 3.63) is 33.4 Å². The van der Waals surface area contributed by atoms with E-state index in [2.05, 4.69) is 0 Å². The van der Waals surface area contributed by atoms with Gasteiger partial charge in [-0.15, -0.1) is 0 Å². The summed E-state index contributed by atoms with van der Waals surface area (Å²) >= 11 is 0. The largest absolute Gasteiger partial charge is 0.490 e. The molecule has 0 fully saturated rings. The van der Waals surface area contributed by atoms with Crippen molar-refractivity contribution >= 4 is 17.8 Å². The Bertz CT molecular complexity index is 467. The van der Waals surface area contributed by atoms with Crippen LogP contribution in [0.3, 0.4) is 0 Å². The van der Waals surface area contributed by atoms with Crippen molar-refractivity contribution in [1.29, 1.82) is 0 Å². The molecule has 0 amide bonds. The molecule has 0 bridgehead atoms. The van der Waals surface area contributed by atoms with Gasteiger partial charge in [-0.25, -0.2) is 0 Å². The van der Waals surface area contributed by atoms with Gasteiger partial charge in [-0.2, -0.15) is 0 Å². The number of hydrogen-bond donors (Lipinski definition) is 0. The topological polar surface area (TPSA) is 86.5 Å². The molecule has 6 heteroatoms. The molecule has 0 saturated heterocycles. The maximum Gasteiger partial charge on any atom is 0.321 e. The Kier molecular flexibility index (Phi) is 3.34. The lowest BCUT2D eigenvalue weighted by Crippen LogP contribution is -2.04. The highest BCUT2D eigenvalue weighted by Gasteiger charge is 2.24. The number of nitrogens with zero attached hydrogens (tertiary/aromatic N) is 1. The monoisotopic (exact) mass is 223 g/mol. The number of Topliss-reactive ketones (excluding diaryl/α,β-unsaturated/α-hetero) is 1. The molecule has 0 aliphatic carbocycles. The molecule has 84 valence electrons. The average molecular weight is 223 g/mol. The Hall–Kier alpha value is -2.24.